The van der Waals surface area contributed by atoms with Crippen LogP contribution in [0, 0.1) is 11.3 Å². The van der Waals surface area contributed by atoms with Gasteiger partial charge in [-0.2, -0.15) is 0 Å². The monoisotopic (exact) mass is 261 g/mol. The number of rotatable bonds is 3. The van der Waals surface area contributed by atoms with Gasteiger partial charge in [-0.25, -0.2) is 4.98 Å². The largest absolute Gasteiger partial charge is 0.480 e. The van der Waals surface area contributed by atoms with Crippen molar-refractivity contribution in [2.45, 2.75) is 32.7 Å². The van der Waals surface area contributed by atoms with E-state index >= 15 is 0 Å². The van der Waals surface area contributed by atoms with Crippen molar-refractivity contribution < 1.29 is 9.53 Å². The molecular weight excluding hydrogens is 242 g/mol. The summed E-state index contributed by atoms with van der Waals surface area (Å²) in [5, 5.41) is 0. The first kappa shape index (κ1) is 12.4. The second kappa shape index (κ2) is 4.18. The Morgan fingerprint density at radius 1 is 1.42 bits per heavy atom. The standard InChI is InChI=1S/C14H19N3O2/c1-14(2)8-17(12(14)9-4-5-9)13(18)10-6-15-7-11(16-10)19-3/h6-7,9,12H,4-5,8H2,1-3H3/t12-/m0/s1. The molecule has 1 amide bonds. The number of amides is 1. The molecule has 19 heavy (non-hydrogen) atoms. The van der Waals surface area contributed by atoms with Crippen LogP contribution < -0.4 is 4.74 Å². The van der Waals surface area contributed by atoms with Gasteiger partial charge in [-0.15, -0.1) is 0 Å². The molecule has 0 spiro atoms. The molecular formula is C14H19N3O2. The van der Waals surface area contributed by atoms with Crippen molar-refractivity contribution in [1.29, 1.82) is 0 Å². The topological polar surface area (TPSA) is 55.3 Å². The number of aromatic nitrogens is 2. The SMILES string of the molecule is COc1cncc(C(=O)N2CC(C)(C)[C@@H]2C2CC2)n1. The van der Waals surface area contributed by atoms with Crippen molar-refractivity contribution in [2.24, 2.45) is 11.3 Å². The Morgan fingerprint density at radius 3 is 2.74 bits per heavy atom. The maximum absolute atomic E-state index is 12.5. The van der Waals surface area contributed by atoms with Crippen LogP contribution in [0.4, 0.5) is 0 Å². The van der Waals surface area contributed by atoms with Crippen LogP contribution in [0.2, 0.25) is 0 Å². The summed E-state index contributed by atoms with van der Waals surface area (Å²) in [6.07, 6.45) is 5.50. The average molecular weight is 261 g/mol. The molecule has 1 aromatic rings. The van der Waals surface area contributed by atoms with Gasteiger partial charge in [0, 0.05) is 18.0 Å². The highest BCUT2D eigenvalue weighted by molar-refractivity contribution is 5.93. The molecule has 1 saturated heterocycles. The Balaban J connectivity index is 1.80. The summed E-state index contributed by atoms with van der Waals surface area (Å²) in [6, 6.07) is 0.355. The highest BCUT2D eigenvalue weighted by atomic mass is 16.5. The van der Waals surface area contributed by atoms with Gasteiger partial charge in [-0.3, -0.25) is 9.78 Å². The maximum atomic E-state index is 12.5. The maximum Gasteiger partial charge on any atom is 0.274 e. The van der Waals surface area contributed by atoms with E-state index in [-0.39, 0.29) is 11.3 Å². The molecule has 5 heteroatoms. The Hall–Kier alpha value is -1.65. The van der Waals surface area contributed by atoms with E-state index in [2.05, 4.69) is 23.8 Å². The van der Waals surface area contributed by atoms with Crippen LogP contribution in [0.15, 0.2) is 12.4 Å². The second-order valence-electron chi connectivity index (χ2n) is 6.15. The van der Waals surface area contributed by atoms with Crippen molar-refractivity contribution in [1.82, 2.24) is 14.9 Å². The zero-order valence-corrected chi connectivity index (χ0v) is 11.6. The third-order valence-electron chi connectivity index (χ3n) is 4.08. The van der Waals surface area contributed by atoms with Gasteiger partial charge in [-0.05, 0) is 18.8 Å². The highest BCUT2D eigenvalue weighted by Crippen LogP contribution is 2.50. The van der Waals surface area contributed by atoms with Crippen LogP contribution in [0.3, 0.4) is 0 Å². The normalized spacial score (nSPS) is 24.8. The zero-order chi connectivity index (χ0) is 13.6. The van der Waals surface area contributed by atoms with E-state index in [1.165, 1.54) is 32.3 Å². The van der Waals surface area contributed by atoms with Gasteiger partial charge in [0.2, 0.25) is 5.88 Å². The van der Waals surface area contributed by atoms with E-state index in [9.17, 15) is 4.79 Å². The van der Waals surface area contributed by atoms with Gasteiger partial charge in [0.05, 0.1) is 19.5 Å². The van der Waals surface area contributed by atoms with E-state index in [1.807, 2.05) is 4.90 Å². The molecule has 0 N–H and O–H groups in total. The lowest BCUT2D eigenvalue weighted by Crippen LogP contribution is -2.64. The molecule has 1 saturated carbocycles. The van der Waals surface area contributed by atoms with E-state index < -0.39 is 0 Å². The predicted molar refractivity (Wildman–Crippen MR) is 69.9 cm³/mol. The van der Waals surface area contributed by atoms with E-state index in [0.29, 0.717) is 23.5 Å². The molecule has 1 aromatic heterocycles. The number of likely N-dealkylation sites (tertiary alicyclic amines) is 1. The van der Waals surface area contributed by atoms with Gasteiger partial charge in [-0.1, -0.05) is 13.8 Å². The molecule has 0 bridgehead atoms. The summed E-state index contributed by atoms with van der Waals surface area (Å²) in [6.45, 7) is 5.26. The molecule has 5 nitrogen and oxygen atoms in total. The molecule has 0 radical (unpaired) electrons. The number of carbonyl (C=O) groups is 1. The first-order chi connectivity index (χ1) is 9.03. The van der Waals surface area contributed by atoms with E-state index in [0.717, 1.165) is 6.54 Å². The first-order valence-corrected chi connectivity index (χ1v) is 6.70. The van der Waals surface area contributed by atoms with Crippen LogP contribution in [-0.2, 0) is 0 Å². The number of hydrogen-bond donors (Lipinski definition) is 0. The summed E-state index contributed by atoms with van der Waals surface area (Å²) >= 11 is 0. The zero-order valence-electron chi connectivity index (χ0n) is 11.6. The minimum absolute atomic E-state index is 0.0253. The minimum Gasteiger partial charge on any atom is -0.480 e. The Labute approximate surface area is 113 Å². The highest BCUT2D eigenvalue weighted by Gasteiger charge is 2.54. The van der Waals surface area contributed by atoms with Crippen LogP contribution in [0.5, 0.6) is 5.88 Å². The summed E-state index contributed by atoms with van der Waals surface area (Å²) in [4.78, 5) is 22.6. The van der Waals surface area contributed by atoms with Crippen molar-refractivity contribution in [3.63, 3.8) is 0 Å². The van der Waals surface area contributed by atoms with Crippen molar-refractivity contribution >= 4 is 5.91 Å². The lowest BCUT2D eigenvalue weighted by Gasteiger charge is -2.54. The Bertz CT molecular complexity index is 511. The van der Waals surface area contributed by atoms with Crippen molar-refractivity contribution in [3.8, 4) is 5.88 Å². The Kier molecular flexibility index (Phi) is 2.73. The molecule has 2 fully saturated rings. The van der Waals surface area contributed by atoms with Gasteiger partial charge in [0.15, 0.2) is 5.69 Å². The molecule has 0 aromatic carbocycles. The average Bonchev–Trinajstić information content (AvgIpc) is 3.19. The van der Waals surface area contributed by atoms with Gasteiger partial charge in [0.1, 0.15) is 0 Å². The number of carbonyl (C=O) groups excluding carboxylic acids is 1. The van der Waals surface area contributed by atoms with Crippen LogP contribution in [-0.4, -0.2) is 40.5 Å². The second-order valence-corrected chi connectivity index (χ2v) is 6.15. The van der Waals surface area contributed by atoms with Crippen LogP contribution in [0.25, 0.3) is 0 Å². The lowest BCUT2D eigenvalue weighted by atomic mass is 9.72. The summed E-state index contributed by atoms with van der Waals surface area (Å²) < 4.78 is 5.02. The summed E-state index contributed by atoms with van der Waals surface area (Å²) in [5.74, 6) is 1.03. The van der Waals surface area contributed by atoms with Crippen molar-refractivity contribution in [3.05, 3.63) is 18.1 Å². The first-order valence-electron chi connectivity index (χ1n) is 6.70. The number of hydrogen-bond acceptors (Lipinski definition) is 4. The van der Waals surface area contributed by atoms with E-state index in [4.69, 9.17) is 4.74 Å². The molecule has 1 aliphatic carbocycles. The smallest absolute Gasteiger partial charge is 0.274 e. The predicted octanol–water partition coefficient (Wildman–Crippen LogP) is 1.75. The third-order valence-corrected chi connectivity index (χ3v) is 4.08. The van der Waals surface area contributed by atoms with Crippen LogP contribution in [0.1, 0.15) is 37.2 Å². The molecule has 0 unspecified atom stereocenters. The Morgan fingerprint density at radius 2 is 2.16 bits per heavy atom. The van der Waals surface area contributed by atoms with Gasteiger partial charge >= 0.3 is 0 Å². The van der Waals surface area contributed by atoms with Gasteiger partial charge in [0.25, 0.3) is 5.91 Å². The number of ether oxygens (including phenoxy) is 1. The fourth-order valence-corrected chi connectivity index (χ4v) is 3.14. The fourth-order valence-electron chi connectivity index (χ4n) is 3.14. The fraction of sp³-hybridized carbons (Fsp3) is 0.643. The quantitative estimate of drug-likeness (QED) is 0.831. The summed E-state index contributed by atoms with van der Waals surface area (Å²) in [5.41, 5.74) is 0.601. The van der Waals surface area contributed by atoms with Gasteiger partial charge < -0.3 is 9.64 Å². The minimum atomic E-state index is -0.0253. The molecule has 1 aliphatic heterocycles. The van der Waals surface area contributed by atoms with E-state index in [1.54, 1.807) is 0 Å². The van der Waals surface area contributed by atoms with Crippen molar-refractivity contribution in [2.75, 3.05) is 13.7 Å². The molecule has 2 aliphatic rings. The number of methoxy groups -OCH3 is 1. The molecule has 2 heterocycles. The lowest BCUT2D eigenvalue weighted by molar-refractivity contribution is -0.0413. The number of nitrogens with zero attached hydrogens (tertiary/aromatic N) is 3. The molecule has 3 rings (SSSR count). The van der Waals surface area contributed by atoms with Crippen LogP contribution >= 0.6 is 0 Å². The molecule has 1 atom stereocenters. The summed E-state index contributed by atoms with van der Waals surface area (Å²) in [7, 11) is 1.53. The third kappa shape index (κ3) is 2.07. The molecule has 102 valence electrons.